The maximum atomic E-state index is 14.0. The second kappa shape index (κ2) is 16.1. The number of hydrogen-bond donors (Lipinski definition) is 3. The van der Waals surface area contributed by atoms with Crippen LogP contribution in [0.25, 0.3) is 22.5 Å². The Morgan fingerprint density at radius 1 is 1.02 bits per heavy atom. The van der Waals surface area contributed by atoms with Crippen LogP contribution in [0.4, 0.5) is 5.69 Å². The summed E-state index contributed by atoms with van der Waals surface area (Å²) >= 11 is 5.91. The highest BCUT2D eigenvalue weighted by Crippen LogP contribution is 2.32. The number of hydrogen-bond acceptors (Lipinski definition) is 9. The Morgan fingerprint density at radius 2 is 1.77 bits per heavy atom. The molecule has 0 unspecified atom stereocenters. The molecule has 0 aliphatic heterocycles. The zero-order valence-corrected chi connectivity index (χ0v) is 27.7. The van der Waals surface area contributed by atoms with Crippen molar-refractivity contribution in [3.63, 3.8) is 0 Å². The van der Waals surface area contributed by atoms with E-state index < -0.39 is 11.9 Å². The molecule has 1 fully saturated rings. The fourth-order valence-corrected chi connectivity index (χ4v) is 6.02. The molecule has 2 amide bonds. The number of benzene rings is 2. The number of aromatic amines is 1. The van der Waals surface area contributed by atoms with Gasteiger partial charge in [-0.05, 0) is 118 Å². The highest BCUT2D eigenvalue weighted by atomic mass is 35.5. The monoisotopic (exact) mass is 658 g/mol. The number of nitrogens with zero attached hydrogens (tertiary/aromatic N) is 5. The largest absolute Gasteiger partial charge is 0.478 e. The van der Waals surface area contributed by atoms with Gasteiger partial charge in [0.2, 0.25) is 17.1 Å². The van der Waals surface area contributed by atoms with Crippen molar-refractivity contribution in [3.8, 4) is 28.4 Å². The van der Waals surface area contributed by atoms with Crippen molar-refractivity contribution < 1.29 is 14.3 Å². The second-order valence-corrected chi connectivity index (χ2v) is 12.7. The number of imide groups is 1. The quantitative estimate of drug-likeness (QED) is 0.173. The number of halogens is 1. The van der Waals surface area contributed by atoms with Gasteiger partial charge in [-0.1, -0.05) is 24.3 Å². The minimum atomic E-state index is -0.947. The predicted molar refractivity (Wildman–Crippen MR) is 184 cm³/mol. The van der Waals surface area contributed by atoms with Crippen molar-refractivity contribution in [3.05, 3.63) is 77.7 Å². The average Bonchev–Trinajstić information content (AvgIpc) is 3.53. The number of nitrogens with two attached hydrogens (primary N) is 2. The Morgan fingerprint density at radius 3 is 2.40 bits per heavy atom. The fourth-order valence-electron chi connectivity index (χ4n) is 5.90. The molecule has 11 nitrogen and oxygen atoms in total. The number of anilines is 1. The predicted octanol–water partition coefficient (Wildman–Crippen LogP) is 4.71. The highest BCUT2D eigenvalue weighted by molar-refractivity contribution is 6.28. The molecule has 1 aliphatic carbocycles. The molecule has 0 radical (unpaired) electrons. The Balaban J connectivity index is 1.31. The zero-order chi connectivity index (χ0) is 33.3. The molecule has 2 aromatic carbocycles. The number of pyridine rings is 1. The molecule has 248 valence electrons. The third kappa shape index (κ3) is 9.01. The fraction of sp³-hybridized carbons (Fsp3) is 0.400. The average molecular weight is 659 g/mol. The van der Waals surface area contributed by atoms with Gasteiger partial charge in [-0.3, -0.25) is 9.59 Å². The second-order valence-electron chi connectivity index (χ2n) is 12.4. The third-order valence-electron chi connectivity index (χ3n) is 8.58. The highest BCUT2D eigenvalue weighted by Gasteiger charge is 2.35. The van der Waals surface area contributed by atoms with Gasteiger partial charge in [0.15, 0.2) is 5.82 Å². The van der Waals surface area contributed by atoms with E-state index in [4.69, 9.17) is 27.8 Å². The summed E-state index contributed by atoms with van der Waals surface area (Å²) in [7, 11) is 4.07. The lowest BCUT2D eigenvalue weighted by atomic mass is 9.81. The minimum Gasteiger partial charge on any atom is -0.478 e. The summed E-state index contributed by atoms with van der Waals surface area (Å²) in [6, 6.07) is 17.7. The Labute approximate surface area is 280 Å². The summed E-state index contributed by atoms with van der Waals surface area (Å²) in [6.07, 6.45) is 6.03. The topological polar surface area (TPSA) is 156 Å². The van der Waals surface area contributed by atoms with Gasteiger partial charge in [0.1, 0.15) is 0 Å². The maximum absolute atomic E-state index is 14.0. The number of aromatic nitrogens is 4. The normalized spacial score (nSPS) is 17.0. The van der Waals surface area contributed by atoms with E-state index >= 15 is 0 Å². The van der Waals surface area contributed by atoms with E-state index in [-0.39, 0.29) is 23.5 Å². The molecule has 0 saturated heterocycles. The van der Waals surface area contributed by atoms with Gasteiger partial charge in [0.05, 0.1) is 18.3 Å². The molecule has 1 saturated carbocycles. The molecule has 0 spiro atoms. The Bertz CT molecular complexity index is 1620. The molecule has 5 N–H and O–H groups in total. The number of rotatable bonds is 13. The third-order valence-corrected chi connectivity index (χ3v) is 8.75. The van der Waals surface area contributed by atoms with Gasteiger partial charge in [0, 0.05) is 35.9 Å². The SMILES string of the molecule is CN(C)CCCOc1ccc(-c2cccc(C[C@H](N)C(=O)N(C(=O)C3CCC(CN)CC3)c3ccc(-c4n[nH]c(Cl)n4)cc3)c2)cn1. The number of carbonyl (C=O) groups excluding carboxylic acids is 2. The summed E-state index contributed by atoms with van der Waals surface area (Å²) in [5.41, 5.74) is 16.4. The van der Waals surface area contributed by atoms with Crippen LogP contribution < -0.4 is 21.1 Å². The van der Waals surface area contributed by atoms with E-state index in [1.54, 1.807) is 30.5 Å². The first-order valence-corrected chi connectivity index (χ1v) is 16.4. The number of ether oxygens (including phenoxy) is 1. The van der Waals surface area contributed by atoms with E-state index in [0.29, 0.717) is 54.9 Å². The molecule has 47 heavy (non-hydrogen) atoms. The van der Waals surface area contributed by atoms with Gasteiger partial charge >= 0.3 is 0 Å². The molecule has 2 aromatic heterocycles. The van der Waals surface area contributed by atoms with Crippen molar-refractivity contribution in [2.45, 2.75) is 44.6 Å². The van der Waals surface area contributed by atoms with Gasteiger partial charge in [-0.25, -0.2) is 15.0 Å². The Kier molecular flexibility index (Phi) is 11.7. The lowest BCUT2D eigenvalue weighted by molar-refractivity contribution is -0.130. The van der Waals surface area contributed by atoms with E-state index in [2.05, 4.69) is 25.1 Å². The van der Waals surface area contributed by atoms with Crippen LogP contribution in [-0.2, 0) is 16.0 Å². The maximum Gasteiger partial charge on any atom is 0.251 e. The molecule has 2 heterocycles. The van der Waals surface area contributed by atoms with Gasteiger partial charge in [0.25, 0.3) is 5.91 Å². The van der Waals surface area contributed by atoms with Crippen molar-refractivity contribution in [1.82, 2.24) is 25.1 Å². The number of amides is 2. The minimum absolute atomic E-state index is 0.174. The van der Waals surface area contributed by atoms with Crippen LogP contribution in [0.1, 0.15) is 37.7 Å². The van der Waals surface area contributed by atoms with Crippen molar-refractivity contribution in [2.75, 3.05) is 38.7 Å². The van der Waals surface area contributed by atoms with Gasteiger partial charge in [-0.15, -0.1) is 0 Å². The number of H-pyrrole nitrogens is 1. The van der Waals surface area contributed by atoms with Crippen LogP contribution in [0.15, 0.2) is 66.9 Å². The van der Waals surface area contributed by atoms with Crippen LogP contribution in [-0.4, -0.2) is 76.7 Å². The number of nitrogens with one attached hydrogen (secondary N) is 1. The molecule has 1 atom stereocenters. The first kappa shape index (κ1) is 34.2. The van der Waals surface area contributed by atoms with Crippen LogP contribution in [0.5, 0.6) is 5.88 Å². The smallest absolute Gasteiger partial charge is 0.251 e. The summed E-state index contributed by atoms with van der Waals surface area (Å²) in [5, 5.41) is 6.87. The molecular weight excluding hydrogens is 616 g/mol. The van der Waals surface area contributed by atoms with E-state index in [1.807, 2.05) is 50.5 Å². The number of carbonyl (C=O) groups is 2. The first-order chi connectivity index (χ1) is 22.7. The molecule has 1 aliphatic rings. The molecular formula is C35H43ClN8O3. The summed E-state index contributed by atoms with van der Waals surface area (Å²) in [5.74, 6) is 0.425. The van der Waals surface area contributed by atoms with E-state index in [9.17, 15) is 9.59 Å². The summed E-state index contributed by atoms with van der Waals surface area (Å²) in [6.45, 7) is 2.15. The van der Waals surface area contributed by atoms with E-state index in [1.165, 1.54) is 4.90 Å². The van der Waals surface area contributed by atoms with Crippen LogP contribution in [0.2, 0.25) is 5.28 Å². The van der Waals surface area contributed by atoms with Crippen molar-refractivity contribution >= 4 is 29.1 Å². The van der Waals surface area contributed by atoms with Crippen molar-refractivity contribution in [1.29, 1.82) is 0 Å². The van der Waals surface area contributed by atoms with Gasteiger partial charge < -0.3 is 21.1 Å². The van der Waals surface area contributed by atoms with Crippen LogP contribution >= 0.6 is 11.6 Å². The lowest BCUT2D eigenvalue weighted by Gasteiger charge is -2.32. The first-order valence-electron chi connectivity index (χ1n) is 16.1. The lowest BCUT2D eigenvalue weighted by Crippen LogP contribution is -2.50. The van der Waals surface area contributed by atoms with Crippen LogP contribution in [0, 0.1) is 11.8 Å². The zero-order valence-electron chi connectivity index (χ0n) is 26.9. The van der Waals surface area contributed by atoms with Crippen LogP contribution in [0.3, 0.4) is 0 Å². The Hall–Kier alpha value is -4.16. The van der Waals surface area contributed by atoms with E-state index in [0.717, 1.165) is 42.5 Å². The standard InChI is InChI=1S/C35H43ClN8O3/c1-43(2)17-4-18-47-31-16-13-28(22-39-31)27-6-3-5-24(19-27)20-30(38)34(46)44(33(45)26-9-7-23(21-37)8-10-26)29-14-11-25(12-15-29)32-40-35(36)42-41-32/h3,5-6,11-16,19,22-23,26,30H,4,7-10,17-18,20-21,37-38H2,1-2H3,(H,40,41,42)/t23?,26?,30-/m0/s1. The molecule has 12 heteroatoms. The molecule has 4 aromatic rings. The summed E-state index contributed by atoms with van der Waals surface area (Å²) < 4.78 is 5.77. The van der Waals surface area contributed by atoms with Gasteiger partial charge in [-0.2, -0.15) is 10.1 Å². The summed E-state index contributed by atoms with van der Waals surface area (Å²) in [4.78, 5) is 40.0. The molecule has 5 rings (SSSR count). The molecule has 0 bridgehead atoms. The van der Waals surface area contributed by atoms with Crippen molar-refractivity contribution in [2.24, 2.45) is 23.3 Å².